The maximum Gasteiger partial charge on any atom is 0.196 e. The van der Waals surface area contributed by atoms with E-state index in [1.165, 1.54) is 12.3 Å². The van der Waals surface area contributed by atoms with Crippen molar-refractivity contribution in [2.24, 2.45) is 0 Å². The fourth-order valence-electron chi connectivity index (χ4n) is 1.43. The highest BCUT2D eigenvalue weighted by molar-refractivity contribution is 6.33. The molecule has 0 bridgehead atoms. The smallest absolute Gasteiger partial charge is 0.196 e. The van der Waals surface area contributed by atoms with Gasteiger partial charge in [-0.3, -0.25) is 4.79 Å². The highest BCUT2D eigenvalue weighted by Gasteiger charge is 2.13. The number of hydrogen-bond donors (Lipinski definition) is 2. The Morgan fingerprint density at radius 1 is 1.24 bits per heavy atom. The molecule has 0 atom stereocenters. The molecule has 0 spiro atoms. The van der Waals surface area contributed by atoms with E-state index < -0.39 is 0 Å². The number of hydrogen-bond acceptors (Lipinski definition) is 4. The number of benzene rings is 1. The second-order valence-electron chi connectivity index (χ2n) is 3.50. The second-order valence-corrected chi connectivity index (χ2v) is 3.91. The van der Waals surface area contributed by atoms with Gasteiger partial charge in [0.15, 0.2) is 5.78 Å². The number of carbonyl (C=O) groups is 1. The van der Waals surface area contributed by atoms with Gasteiger partial charge < -0.3 is 11.5 Å². The van der Waals surface area contributed by atoms with Crippen LogP contribution in [-0.2, 0) is 0 Å². The highest BCUT2D eigenvalue weighted by atomic mass is 35.5. The number of aromatic nitrogens is 1. The number of carbonyl (C=O) groups excluding carboxylic acids is 1. The summed E-state index contributed by atoms with van der Waals surface area (Å²) in [5.41, 5.74) is 12.4. The third-order valence-electron chi connectivity index (χ3n) is 2.35. The van der Waals surface area contributed by atoms with Gasteiger partial charge in [0.2, 0.25) is 0 Å². The minimum atomic E-state index is -0.225. The molecule has 4 nitrogen and oxygen atoms in total. The minimum absolute atomic E-state index is 0.199. The van der Waals surface area contributed by atoms with Gasteiger partial charge in [0, 0.05) is 11.8 Å². The summed E-state index contributed by atoms with van der Waals surface area (Å²) in [5, 5.41) is 0.346. The molecule has 0 aliphatic heterocycles. The normalized spacial score (nSPS) is 10.2. The lowest BCUT2D eigenvalue weighted by Crippen LogP contribution is -2.06. The van der Waals surface area contributed by atoms with Crippen LogP contribution < -0.4 is 11.5 Å². The van der Waals surface area contributed by atoms with E-state index in [2.05, 4.69) is 4.98 Å². The molecular formula is C12H10ClN3O. The molecule has 1 heterocycles. The molecule has 2 aromatic rings. The third-order valence-corrected chi connectivity index (χ3v) is 2.67. The first-order valence-electron chi connectivity index (χ1n) is 4.90. The Bertz CT molecular complexity index is 584. The monoisotopic (exact) mass is 247 g/mol. The molecule has 0 radical (unpaired) electrons. The zero-order chi connectivity index (χ0) is 12.4. The van der Waals surface area contributed by atoms with Crippen molar-refractivity contribution >= 4 is 28.9 Å². The molecule has 1 aromatic heterocycles. The summed E-state index contributed by atoms with van der Waals surface area (Å²) in [7, 11) is 0. The molecule has 0 aliphatic carbocycles. The fourth-order valence-corrected chi connectivity index (χ4v) is 1.61. The molecule has 2 rings (SSSR count). The van der Waals surface area contributed by atoms with Crippen molar-refractivity contribution in [2.75, 3.05) is 11.5 Å². The molecule has 5 heteroatoms. The van der Waals surface area contributed by atoms with Gasteiger partial charge in [0.1, 0.15) is 5.82 Å². The molecule has 1 aromatic carbocycles. The summed E-state index contributed by atoms with van der Waals surface area (Å²) >= 11 is 5.86. The van der Waals surface area contributed by atoms with Gasteiger partial charge in [-0.15, -0.1) is 0 Å². The van der Waals surface area contributed by atoms with Crippen LogP contribution in [0.25, 0.3) is 0 Å². The Kier molecular flexibility index (Phi) is 2.97. The van der Waals surface area contributed by atoms with E-state index in [4.69, 9.17) is 23.1 Å². The Morgan fingerprint density at radius 2 is 2.00 bits per heavy atom. The molecule has 0 unspecified atom stereocenters. The second kappa shape index (κ2) is 4.43. The van der Waals surface area contributed by atoms with Gasteiger partial charge in [-0.2, -0.15) is 0 Å². The molecular weight excluding hydrogens is 238 g/mol. The average Bonchev–Trinajstić information content (AvgIpc) is 2.32. The van der Waals surface area contributed by atoms with Crippen LogP contribution in [0.2, 0.25) is 5.02 Å². The number of anilines is 2. The third kappa shape index (κ3) is 2.21. The van der Waals surface area contributed by atoms with Gasteiger partial charge in [-0.05, 0) is 30.3 Å². The van der Waals surface area contributed by atoms with Gasteiger partial charge in [-0.1, -0.05) is 11.6 Å². The molecule has 0 saturated carbocycles. The molecule has 0 amide bonds. The van der Waals surface area contributed by atoms with E-state index in [0.717, 1.165) is 0 Å². The lowest BCUT2D eigenvalue weighted by Gasteiger charge is -2.05. The molecule has 0 aliphatic rings. The van der Waals surface area contributed by atoms with Gasteiger partial charge in [0.25, 0.3) is 0 Å². The van der Waals surface area contributed by atoms with Crippen molar-refractivity contribution in [3.05, 3.63) is 52.7 Å². The van der Waals surface area contributed by atoms with Crippen molar-refractivity contribution < 1.29 is 4.79 Å². The fraction of sp³-hybridized carbons (Fsp3) is 0. The van der Waals surface area contributed by atoms with E-state index >= 15 is 0 Å². The molecule has 4 N–H and O–H groups in total. The number of nitrogens with two attached hydrogens (primary N) is 2. The van der Waals surface area contributed by atoms with E-state index in [1.54, 1.807) is 24.3 Å². The predicted molar refractivity (Wildman–Crippen MR) is 67.9 cm³/mol. The van der Waals surface area contributed by atoms with Crippen LogP contribution in [0.3, 0.4) is 0 Å². The van der Waals surface area contributed by atoms with Crippen LogP contribution in [0.5, 0.6) is 0 Å². The van der Waals surface area contributed by atoms with Crippen molar-refractivity contribution in [3.63, 3.8) is 0 Å². The summed E-state index contributed by atoms with van der Waals surface area (Å²) in [6.45, 7) is 0. The quantitative estimate of drug-likeness (QED) is 0.629. The molecule has 0 fully saturated rings. The molecule has 86 valence electrons. The predicted octanol–water partition coefficient (Wildman–Crippen LogP) is 2.13. The van der Waals surface area contributed by atoms with E-state index in [9.17, 15) is 4.79 Å². The van der Waals surface area contributed by atoms with Crippen LogP contribution in [0.4, 0.5) is 11.5 Å². The number of rotatable bonds is 2. The number of ketones is 1. The number of halogens is 1. The summed E-state index contributed by atoms with van der Waals surface area (Å²) in [5.74, 6) is -0.0250. The first-order chi connectivity index (χ1) is 8.09. The Hall–Kier alpha value is -2.07. The van der Waals surface area contributed by atoms with Gasteiger partial charge in [0.05, 0.1) is 16.3 Å². The van der Waals surface area contributed by atoms with Crippen LogP contribution in [0, 0.1) is 0 Å². The standard InChI is InChI=1S/C12H10ClN3O/c13-9-6-7(3-4-10(9)14)11(17)8-2-1-5-16-12(8)15/h1-6H,14H2,(H2,15,16). The number of pyridine rings is 1. The van der Waals surface area contributed by atoms with E-state index in [0.29, 0.717) is 21.8 Å². The number of nitrogens with zero attached hydrogens (tertiary/aromatic N) is 1. The van der Waals surface area contributed by atoms with E-state index in [-0.39, 0.29) is 11.6 Å². The Morgan fingerprint density at radius 3 is 2.65 bits per heavy atom. The SMILES string of the molecule is Nc1ccc(C(=O)c2cccnc2N)cc1Cl. The Labute approximate surface area is 103 Å². The molecule has 0 saturated heterocycles. The van der Waals surface area contributed by atoms with Gasteiger partial charge in [-0.25, -0.2) is 4.98 Å². The van der Waals surface area contributed by atoms with E-state index in [1.807, 2.05) is 0 Å². The Balaban J connectivity index is 2.44. The van der Waals surface area contributed by atoms with Crippen molar-refractivity contribution in [2.45, 2.75) is 0 Å². The lowest BCUT2D eigenvalue weighted by atomic mass is 10.0. The van der Waals surface area contributed by atoms with Gasteiger partial charge >= 0.3 is 0 Å². The van der Waals surface area contributed by atoms with Crippen LogP contribution in [0.15, 0.2) is 36.5 Å². The lowest BCUT2D eigenvalue weighted by molar-refractivity contribution is 0.103. The number of nitrogen functional groups attached to an aromatic ring is 2. The first-order valence-corrected chi connectivity index (χ1v) is 5.27. The van der Waals surface area contributed by atoms with Crippen LogP contribution in [0.1, 0.15) is 15.9 Å². The van der Waals surface area contributed by atoms with Crippen molar-refractivity contribution in [1.29, 1.82) is 0 Å². The summed E-state index contributed by atoms with van der Waals surface area (Å²) in [6.07, 6.45) is 1.53. The average molecular weight is 248 g/mol. The summed E-state index contributed by atoms with van der Waals surface area (Å²) < 4.78 is 0. The van der Waals surface area contributed by atoms with Crippen LogP contribution >= 0.6 is 11.6 Å². The maximum atomic E-state index is 12.1. The van der Waals surface area contributed by atoms with Crippen molar-refractivity contribution in [3.8, 4) is 0 Å². The summed E-state index contributed by atoms with van der Waals surface area (Å²) in [4.78, 5) is 16.0. The van der Waals surface area contributed by atoms with Crippen LogP contribution in [-0.4, -0.2) is 10.8 Å². The minimum Gasteiger partial charge on any atom is -0.398 e. The first kappa shape index (κ1) is 11.4. The summed E-state index contributed by atoms with van der Waals surface area (Å²) in [6, 6.07) is 7.99. The zero-order valence-corrected chi connectivity index (χ0v) is 9.61. The maximum absolute atomic E-state index is 12.1. The topological polar surface area (TPSA) is 82.0 Å². The zero-order valence-electron chi connectivity index (χ0n) is 8.85. The molecule has 17 heavy (non-hydrogen) atoms. The largest absolute Gasteiger partial charge is 0.398 e. The van der Waals surface area contributed by atoms with Crippen molar-refractivity contribution in [1.82, 2.24) is 4.98 Å². The highest BCUT2D eigenvalue weighted by Crippen LogP contribution is 2.22.